The van der Waals surface area contributed by atoms with Gasteiger partial charge in [-0.15, -0.1) is 0 Å². The molecule has 19 heavy (non-hydrogen) atoms. The van der Waals surface area contributed by atoms with Gasteiger partial charge in [0, 0.05) is 5.56 Å². The normalized spacial score (nSPS) is 27.9. The van der Waals surface area contributed by atoms with Crippen molar-refractivity contribution in [3.05, 3.63) is 28.8 Å². The zero-order valence-electron chi connectivity index (χ0n) is 12.6. The fourth-order valence-electron chi connectivity index (χ4n) is 3.19. The Kier molecular flexibility index (Phi) is 4.19. The van der Waals surface area contributed by atoms with Crippen molar-refractivity contribution in [2.45, 2.75) is 58.5 Å². The summed E-state index contributed by atoms with van der Waals surface area (Å²) in [5, 5.41) is 11.1. The first-order valence-corrected chi connectivity index (χ1v) is 7.35. The molecule has 106 valence electrons. The summed E-state index contributed by atoms with van der Waals surface area (Å²) in [6.45, 7) is 6.44. The molecule has 1 fully saturated rings. The zero-order valence-corrected chi connectivity index (χ0v) is 12.6. The lowest BCUT2D eigenvalue weighted by Gasteiger charge is -2.30. The third kappa shape index (κ3) is 2.79. The van der Waals surface area contributed by atoms with Crippen LogP contribution < -0.4 is 4.74 Å². The summed E-state index contributed by atoms with van der Waals surface area (Å²) in [7, 11) is 1.70. The standard InChI is InChI=1S/C17H26O2/c1-12-6-5-10-17(18,11-9-12)15-8-7-13(2)14(3)16(15)19-4/h7-8,12,18H,5-6,9-11H2,1-4H3. The lowest BCUT2D eigenvalue weighted by atomic mass is 9.84. The van der Waals surface area contributed by atoms with Gasteiger partial charge in [-0.25, -0.2) is 0 Å². The van der Waals surface area contributed by atoms with E-state index in [0.717, 1.165) is 42.6 Å². The Labute approximate surface area is 116 Å². The smallest absolute Gasteiger partial charge is 0.128 e. The third-order valence-corrected chi connectivity index (χ3v) is 4.72. The van der Waals surface area contributed by atoms with E-state index >= 15 is 0 Å². The minimum absolute atomic E-state index is 0.714. The second-order valence-electron chi connectivity index (χ2n) is 6.16. The monoisotopic (exact) mass is 262 g/mol. The van der Waals surface area contributed by atoms with Gasteiger partial charge in [-0.1, -0.05) is 25.5 Å². The molecule has 0 radical (unpaired) electrons. The van der Waals surface area contributed by atoms with Crippen molar-refractivity contribution >= 4 is 0 Å². The Bertz CT molecular complexity index is 453. The number of benzene rings is 1. The van der Waals surface area contributed by atoms with E-state index in [1.54, 1.807) is 7.11 Å². The van der Waals surface area contributed by atoms with Crippen LogP contribution in [0.15, 0.2) is 12.1 Å². The number of hydrogen-bond acceptors (Lipinski definition) is 2. The van der Waals surface area contributed by atoms with Crippen molar-refractivity contribution in [3.63, 3.8) is 0 Å². The fourth-order valence-corrected chi connectivity index (χ4v) is 3.19. The van der Waals surface area contributed by atoms with Crippen LogP contribution in [-0.4, -0.2) is 12.2 Å². The molecule has 1 aliphatic rings. The molecule has 0 bridgehead atoms. The molecule has 1 saturated carbocycles. The lowest BCUT2D eigenvalue weighted by Crippen LogP contribution is -2.26. The second kappa shape index (κ2) is 5.54. The molecular weight excluding hydrogens is 236 g/mol. The second-order valence-corrected chi connectivity index (χ2v) is 6.16. The van der Waals surface area contributed by atoms with Gasteiger partial charge < -0.3 is 9.84 Å². The van der Waals surface area contributed by atoms with Crippen LogP contribution in [0, 0.1) is 19.8 Å². The first kappa shape index (κ1) is 14.4. The molecule has 0 saturated heterocycles. The van der Waals surface area contributed by atoms with E-state index in [0.29, 0.717) is 5.92 Å². The summed E-state index contributed by atoms with van der Waals surface area (Å²) >= 11 is 0. The van der Waals surface area contributed by atoms with Crippen molar-refractivity contribution < 1.29 is 9.84 Å². The van der Waals surface area contributed by atoms with Crippen LogP contribution >= 0.6 is 0 Å². The van der Waals surface area contributed by atoms with E-state index in [1.165, 1.54) is 12.0 Å². The first-order chi connectivity index (χ1) is 8.98. The Hall–Kier alpha value is -1.02. The lowest BCUT2D eigenvalue weighted by molar-refractivity contribution is 0.0175. The van der Waals surface area contributed by atoms with Gasteiger partial charge in [-0.2, -0.15) is 0 Å². The number of ether oxygens (including phenoxy) is 1. The number of rotatable bonds is 2. The predicted molar refractivity (Wildman–Crippen MR) is 78.6 cm³/mol. The summed E-state index contributed by atoms with van der Waals surface area (Å²) < 4.78 is 5.58. The van der Waals surface area contributed by atoms with E-state index in [1.807, 2.05) is 0 Å². The molecule has 0 amide bonds. The summed E-state index contributed by atoms with van der Waals surface area (Å²) in [5.74, 6) is 1.59. The highest BCUT2D eigenvalue weighted by Gasteiger charge is 2.34. The van der Waals surface area contributed by atoms with E-state index in [-0.39, 0.29) is 0 Å². The molecule has 1 aromatic rings. The van der Waals surface area contributed by atoms with E-state index < -0.39 is 5.60 Å². The third-order valence-electron chi connectivity index (χ3n) is 4.72. The highest BCUT2D eigenvalue weighted by Crippen LogP contribution is 2.43. The van der Waals surface area contributed by atoms with Crippen LogP contribution in [0.2, 0.25) is 0 Å². The van der Waals surface area contributed by atoms with Crippen molar-refractivity contribution in [2.75, 3.05) is 7.11 Å². The summed E-state index contributed by atoms with van der Waals surface area (Å²) in [6, 6.07) is 4.15. The SMILES string of the molecule is COc1c(C2(O)CCCC(C)CC2)ccc(C)c1C. The molecule has 0 spiro atoms. The average Bonchev–Trinajstić information content (AvgIpc) is 2.55. The molecular formula is C17H26O2. The van der Waals surface area contributed by atoms with E-state index in [4.69, 9.17) is 4.74 Å². The number of aliphatic hydroxyl groups is 1. The van der Waals surface area contributed by atoms with Gasteiger partial charge in [-0.05, 0) is 56.6 Å². The minimum Gasteiger partial charge on any atom is -0.496 e. The summed E-state index contributed by atoms with van der Waals surface area (Å²) in [5.41, 5.74) is 2.62. The minimum atomic E-state index is -0.714. The number of methoxy groups -OCH3 is 1. The summed E-state index contributed by atoms with van der Waals surface area (Å²) in [6.07, 6.45) is 5.08. The molecule has 0 aromatic heterocycles. The van der Waals surface area contributed by atoms with Crippen LogP contribution in [-0.2, 0) is 5.60 Å². The quantitative estimate of drug-likeness (QED) is 0.813. The van der Waals surface area contributed by atoms with Gasteiger partial charge in [0.2, 0.25) is 0 Å². The molecule has 2 nitrogen and oxygen atoms in total. The fraction of sp³-hybridized carbons (Fsp3) is 0.647. The Morgan fingerprint density at radius 2 is 1.95 bits per heavy atom. The average molecular weight is 262 g/mol. The Balaban J connectivity index is 2.42. The van der Waals surface area contributed by atoms with Gasteiger partial charge in [0.25, 0.3) is 0 Å². The maximum atomic E-state index is 11.1. The molecule has 2 heteroatoms. The number of hydrogen-bond donors (Lipinski definition) is 1. The summed E-state index contributed by atoms with van der Waals surface area (Å²) in [4.78, 5) is 0. The Morgan fingerprint density at radius 1 is 1.21 bits per heavy atom. The van der Waals surface area contributed by atoms with Gasteiger partial charge in [0.15, 0.2) is 0 Å². The highest BCUT2D eigenvalue weighted by atomic mass is 16.5. The molecule has 1 aromatic carbocycles. The molecule has 0 aliphatic heterocycles. The highest BCUT2D eigenvalue weighted by molar-refractivity contribution is 5.48. The van der Waals surface area contributed by atoms with Crippen LogP contribution in [0.4, 0.5) is 0 Å². The van der Waals surface area contributed by atoms with Gasteiger partial charge in [-0.3, -0.25) is 0 Å². The van der Waals surface area contributed by atoms with Crippen molar-refractivity contribution in [2.24, 2.45) is 5.92 Å². The zero-order chi connectivity index (χ0) is 14.0. The van der Waals surface area contributed by atoms with Gasteiger partial charge in [0.05, 0.1) is 12.7 Å². The van der Waals surface area contributed by atoms with Crippen molar-refractivity contribution in [1.29, 1.82) is 0 Å². The molecule has 1 aliphatic carbocycles. The first-order valence-electron chi connectivity index (χ1n) is 7.35. The van der Waals surface area contributed by atoms with Crippen LogP contribution in [0.3, 0.4) is 0 Å². The maximum absolute atomic E-state index is 11.1. The topological polar surface area (TPSA) is 29.5 Å². The van der Waals surface area contributed by atoms with Gasteiger partial charge >= 0.3 is 0 Å². The van der Waals surface area contributed by atoms with Crippen molar-refractivity contribution in [3.8, 4) is 5.75 Å². The van der Waals surface area contributed by atoms with Crippen molar-refractivity contribution in [1.82, 2.24) is 0 Å². The van der Waals surface area contributed by atoms with E-state index in [9.17, 15) is 5.11 Å². The molecule has 2 rings (SSSR count). The largest absolute Gasteiger partial charge is 0.496 e. The van der Waals surface area contributed by atoms with E-state index in [2.05, 4.69) is 32.9 Å². The Morgan fingerprint density at radius 3 is 2.63 bits per heavy atom. The van der Waals surface area contributed by atoms with Crippen LogP contribution in [0.5, 0.6) is 5.75 Å². The number of aryl methyl sites for hydroxylation is 1. The van der Waals surface area contributed by atoms with Crippen LogP contribution in [0.25, 0.3) is 0 Å². The maximum Gasteiger partial charge on any atom is 0.128 e. The predicted octanol–water partition coefficient (Wildman–Crippen LogP) is 4.10. The van der Waals surface area contributed by atoms with Crippen LogP contribution in [0.1, 0.15) is 55.7 Å². The molecule has 0 heterocycles. The molecule has 1 N–H and O–H groups in total. The molecule has 2 unspecified atom stereocenters. The molecule has 2 atom stereocenters. The van der Waals surface area contributed by atoms with Gasteiger partial charge in [0.1, 0.15) is 5.75 Å².